The third-order valence-corrected chi connectivity index (χ3v) is 18.5. The fraction of sp³-hybridized carbons (Fsp3) is 0.457. The van der Waals surface area contributed by atoms with E-state index in [9.17, 15) is 14.4 Å². The first-order valence-corrected chi connectivity index (χ1v) is 25.8. The fourth-order valence-corrected chi connectivity index (χ4v) is 11.1. The summed E-state index contributed by atoms with van der Waals surface area (Å²) in [7, 11) is -3.81. The minimum Gasteiger partial charge on any atom is -0.466 e. The van der Waals surface area contributed by atoms with Crippen molar-refractivity contribution in [3.63, 3.8) is 0 Å². The molecule has 2 aromatic carbocycles. The van der Waals surface area contributed by atoms with Crippen molar-refractivity contribution in [2.75, 3.05) is 6.61 Å². The van der Waals surface area contributed by atoms with Gasteiger partial charge in [-0.15, -0.1) is 5.10 Å². The Hall–Kier alpha value is -5.59. The Balaban J connectivity index is 1.53. The summed E-state index contributed by atoms with van der Waals surface area (Å²) in [6, 6.07) is 13.9. The van der Waals surface area contributed by atoms with Crippen molar-refractivity contribution in [2.24, 2.45) is 14.1 Å². The summed E-state index contributed by atoms with van der Waals surface area (Å²) in [6.07, 6.45) is 2.90. The molecule has 6 aromatic rings. The van der Waals surface area contributed by atoms with Crippen molar-refractivity contribution >= 4 is 52.5 Å². The van der Waals surface area contributed by atoms with E-state index in [0.717, 1.165) is 9.54 Å². The van der Waals surface area contributed by atoms with Crippen LogP contribution in [0.4, 0.5) is 9.18 Å². The van der Waals surface area contributed by atoms with Crippen molar-refractivity contribution in [3.05, 3.63) is 89.0 Å². The monoisotopic (exact) mass is 915 g/mol. The summed E-state index contributed by atoms with van der Waals surface area (Å²) in [5.41, 5.74) is 1.04. The number of nitrogens with zero attached hydrogens (tertiary/aromatic N) is 6. The van der Waals surface area contributed by atoms with E-state index >= 15 is 12.8 Å². The first-order chi connectivity index (χ1) is 29.9. The lowest BCUT2D eigenvalue weighted by Crippen LogP contribution is -2.50. The molecule has 1 fully saturated rings. The van der Waals surface area contributed by atoms with Crippen molar-refractivity contribution in [1.29, 1.82) is 0 Å². The van der Waals surface area contributed by atoms with E-state index < -0.39 is 59.9 Å². The summed E-state index contributed by atoms with van der Waals surface area (Å²) in [6.45, 7) is 18.0. The lowest BCUT2D eigenvalue weighted by molar-refractivity contribution is -0.143. The van der Waals surface area contributed by atoms with Gasteiger partial charge in [-0.3, -0.25) is 18.6 Å². The molecule has 0 aliphatic heterocycles. The Kier molecular flexibility index (Phi) is 12.4. The molecule has 64 heavy (non-hydrogen) atoms. The van der Waals surface area contributed by atoms with Gasteiger partial charge < -0.3 is 19.2 Å². The number of imidazole rings is 1. The summed E-state index contributed by atoms with van der Waals surface area (Å²) in [5.74, 6) is -1.25. The van der Waals surface area contributed by atoms with Gasteiger partial charge in [0.1, 0.15) is 5.60 Å². The fourth-order valence-electron chi connectivity index (χ4n) is 8.26. The zero-order valence-corrected chi connectivity index (χ0v) is 40.2. The molecule has 0 radical (unpaired) electrons. The normalized spacial score (nSPS) is 17.3. The Morgan fingerprint density at radius 3 is 2.25 bits per heavy atom. The van der Waals surface area contributed by atoms with Crippen LogP contribution >= 0.6 is 0 Å². The van der Waals surface area contributed by atoms with Crippen molar-refractivity contribution in [2.45, 2.75) is 121 Å². The van der Waals surface area contributed by atoms with Gasteiger partial charge >= 0.3 is 17.8 Å². The van der Waals surface area contributed by atoms with Crippen molar-refractivity contribution in [1.82, 2.24) is 33.2 Å². The van der Waals surface area contributed by atoms with Crippen LogP contribution in [0.25, 0.3) is 44.5 Å². The summed E-state index contributed by atoms with van der Waals surface area (Å²) < 4.78 is 69.8. The Bertz CT molecular complexity index is 2910. The van der Waals surface area contributed by atoms with Gasteiger partial charge in [0.05, 0.1) is 57.5 Å². The van der Waals surface area contributed by atoms with Gasteiger partial charge in [-0.05, 0) is 88.3 Å². The van der Waals surface area contributed by atoms with E-state index in [1.54, 1.807) is 76.7 Å². The average Bonchev–Trinajstić information content (AvgIpc) is 3.93. The molecule has 1 aliphatic rings. The number of amides is 1. The molecule has 0 saturated heterocycles. The van der Waals surface area contributed by atoms with Crippen molar-refractivity contribution < 1.29 is 36.3 Å². The first-order valence-electron chi connectivity index (χ1n) is 21.5. The van der Waals surface area contributed by atoms with Gasteiger partial charge in [-0.1, -0.05) is 63.2 Å². The number of carbonyl (C=O) groups excluding carboxylic acids is 2. The van der Waals surface area contributed by atoms with E-state index in [-0.39, 0.29) is 57.6 Å². The zero-order chi connectivity index (χ0) is 46.7. The number of pyridine rings is 1. The molecular weight excluding hydrogens is 858 g/mol. The lowest BCUT2D eigenvalue weighted by Gasteiger charge is -2.40. The number of esters is 1. The van der Waals surface area contributed by atoms with Crippen LogP contribution in [0.5, 0.6) is 0 Å². The minimum atomic E-state index is -4.53. The molecule has 7 rings (SSSR count). The smallest absolute Gasteiger partial charge is 0.407 e. The molecule has 4 heterocycles. The topological polar surface area (TPSA) is 171 Å². The molecule has 1 saturated carbocycles. The standard InChI is InChI=1S/C46H58FN7O8SSi/c1-12-60-36(55)23-20-28-18-21-29(22-19-28)37-38-40-34(26-48-42(38)54(39(37)32-27-51(8)50-41(32)47)63(58,59)31-16-14-13-15-17-31)52(9)44(57)53(40)30-24-33(49-43(56)61-45(2,3)4)35(25-30)62-64(10,11)46(5,6)7/h13-19,21-22,26-27,30,33,35H,12,20,23-25H2,1-11H3,(H,49,56)/t30-,33-,35+/m0/s1. The maximum absolute atomic E-state index is 16.3. The average molecular weight is 916 g/mol. The van der Waals surface area contributed by atoms with Crippen LogP contribution in [-0.2, 0) is 49.2 Å². The maximum Gasteiger partial charge on any atom is 0.407 e. The van der Waals surface area contributed by atoms with Crippen LogP contribution in [0.2, 0.25) is 18.1 Å². The van der Waals surface area contributed by atoms with E-state index in [1.165, 1.54) is 33.8 Å². The number of ether oxygens (including phenoxy) is 2. The second kappa shape index (κ2) is 17.1. The zero-order valence-electron chi connectivity index (χ0n) is 38.4. The molecule has 342 valence electrons. The van der Waals surface area contributed by atoms with E-state index in [4.69, 9.17) is 18.9 Å². The molecule has 0 unspecified atom stereocenters. The van der Waals surface area contributed by atoms with Crippen LogP contribution in [0.3, 0.4) is 0 Å². The largest absolute Gasteiger partial charge is 0.466 e. The second-order valence-corrected chi connectivity index (χ2v) is 25.6. The van der Waals surface area contributed by atoms with Gasteiger partial charge in [0.25, 0.3) is 10.0 Å². The Labute approximate surface area is 373 Å². The molecular formula is C46H58FN7O8SSi. The van der Waals surface area contributed by atoms with Crippen LogP contribution in [0.1, 0.15) is 79.3 Å². The lowest BCUT2D eigenvalue weighted by atomic mass is 9.97. The highest BCUT2D eigenvalue weighted by atomic mass is 32.2. The van der Waals surface area contributed by atoms with Gasteiger partial charge in [-0.25, -0.2) is 27.0 Å². The molecule has 4 aromatic heterocycles. The highest BCUT2D eigenvalue weighted by Crippen LogP contribution is 2.47. The van der Waals surface area contributed by atoms with Crippen LogP contribution < -0.4 is 11.0 Å². The van der Waals surface area contributed by atoms with Crippen molar-refractivity contribution in [3.8, 4) is 22.4 Å². The number of benzene rings is 2. The predicted octanol–water partition coefficient (Wildman–Crippen LogP) is 8.25. The minimum absolute atomic E-state index is 0.0363. The summed E-state index contributed by atoms with van der Waals surface area (Å²) in [4.78, 5) is 45.2. The molecule has 1 amide bonds. The number of hydrogen-bond acceptors (Lipinski definition) is 10. The number of alkyl carbamates (subject to hydrolysis) is 1. The number of aromatic nitrogens is 6. The highest BCUT2D eigenvalue weighted by molar-refractivity contribution is 7.90. The highest BCUT2D eigenvalue weighted by Gasteiger charge is 2.46. The number of rotatable bonds is 12. The van der Waals surface area contributed by atoms with Gasteiger partial charge in [0, 0.05) is 38.3 Å². The van der Waals surface area contributed by atoms with Crippen LogP contribution in [-0.4, -0.2) is 81.0 Å². The third-order valence-electron chi connectivity index (χ3n) is 12.3. The number of nitrogens with one attached hydrogen (secondary N) is 1. The molecule has 18 heteroatoms. The number of hydrogen-bond donors (Lipinski definition) is 1. The van der Waals surface area contributed by atoms with Crippen LogP contribution in [0.15, 0.2) is 76.7 Å². The number of fused-ring (bicyclic) bond motifs is 3. The Morgan fingerprint density at radius 1 is 0.984 bits per heavy atom. The second-order valence-electron chi connectivity index (χ2n) is 19.0. The molecule has 1 aliphatic carbocycles. The van der Waals surface area contributed by atoms with Gasteiger partial charge in [-0.2, -0.15) is 4.39 Å². The number of aryl methyl sites for hydroxylation is 3. The van der Waals surface area contributed by atoms with Gasteiger partial charge in [0.15, 0.2) is 14.0 Å². The predicted molar refractivity (Wildman–Crippen MR) is 246 cm³/mol. The first kappa shape index (κ1) is 46.4. The van der Waals surface area contributed by atoms with Gasteiger partial charge in [0.2, 0.25) is 5.95 Å². The summed E-state index contributed by atoms with van der Waals surface area (Å²) >= 11 is 0. The van der Waals surface area contributed by atoms with Crippen LogP contribution in [0, 0.1) is 5.95 Å². The number of halogens is 1. The Morgan fingerprint density at radius 2 is 1.66 bits per heavy atom. The number of carbonyl (C=O) groups is 2. The van der Waals surface area contributed by atoms with E-state index in [0.29, 0.717) is 35.0 Å². The quantitative estimate of drug-likeness (QED) is 0.0932. The molecule has 1 N–H and O–H groups in total. The summed E-state index contributed by atoms with van der Waals surface area (Å²) in [5, 5.41) is 7.16. The van der Waals surface area contributed by atoms with E-state index in [2.05, 4.69) is 44.3 Å². The molecule has 0 spiro atoms. The molecule has 0 bridgehead atoms. The molecule has 3 atom stereocenters. The SMILES string of the molecule is CCOC(=O)CCc1ccc(-c2c(-c3cn(C)nc3F)n(S(=O)(=O)c3ccccc3)c3ncc4c(c23)n([C@H]2C[C@H](NC(=O)OC(C)(C)C)[C@H](O[Si](C)(C)C(C)(C)C)C2)c(=O)n4C)cc1. The molecule has 15 nitrogen and oxygen atoms in total. The van der Waals surface area contributed by atoms with E-state index in [1.807, 2.05) is 12.1 Å². The third kappa shape index (κ3) is 8.78. The maximum atomic E-state index is 16.3.